The number of aliphatic imine (C=N–C) groups is 1. The third-order valence-corrected chi connectivity index (χ3v) is 2.29. The van der Waals surface area contributed by atoms with Crippen LogP contribution in [0.3, 0.4) is 0 Å². The van der Waals surface area contributed by atoms with Crippen molar-refractivity contribution in [2.24, 2.45) is 4.99 Å². The van der Waals surface area contributed by atoms with Gasteiger partial charge in [0.15, 0.2) is 5.78 Å². The van der Waals surface area contributed by atoms with Crippen molar-refractivity contribution < 1.29 is 4.79 Å². The molecule has 0 unspecified atom stereocenters. The molecule has 0 bridgehead atoms. The largest absolute Gasteiger partial charge is 0.290 e. The van der Waals surface area contributed by atoms with E-state index in [2.05, 4.69) is 11.9 Å². The normalized spacial score (nSPS) is 19.6. The van der Waals surface area contributed by atoms with Gasteiger partial charge < -0.3 is 0 Å². The monoisotopic (exact) mass is 191 g/mol. The van der Waals surface area contributed by atoms with Crippen LogP contribution in [0.15, 0.2) is 28.3 Å². The fraction of sp³-hybridized carbons (Fsp3) is 0.500. The summed E-state index contributed by atoms with van der Waals surface area (Å²) in [5.74, 6) is 0.108. The molecule has 0 spiro atoms. The van der Waals surface area contributed by atoms with Crippen LogP contribution in [-0.4, -0.2) is 18.0 Å². The van der Waals surface area contributed by atoms with E-state index in [0.29, 0.717) is 0 Å². The van der Waals surface area contributed by atoms with Gasteiger partial charge in [0.2, 0.25) is 0 Å². The smallest absolute Gasteiger partial charge is 0.181 e. The second kappa shape index (κ2) is 4.89. The molecule has 1 aliphatic carbocycles. The van der Waals surface area contributed by atoms with Crippen molar-refractivity contribution in [2.45, 2.75) is 33.6 Å². The number of ketones is 1. The summed E-state index contributed by atoms with van der Waals surface area (Å²) in [5, 5.41) is 0. The molecule has 0 aromatic heterocycles. The number of unbranched alkanes of at least 4 members (excludes halogenated alkanes) is 1. The quantitative estimate of drug-likeness (QED) is 0.498. The van der Waals surface area contributed by atoms with Crippen LogP contribution in [0.25, 0.3) is 0 Å². The Morgan fingerprint density at radius 2 is 1.93 bits per heavy atom. The van der Waals surface area contributed by atoms with Crippen LogP contribution >= 0.6 is 0 Å². The van der Waals surface area contributed by atoms with Crippen molar-refractivity contribution in [3.05, 3.63) is 23.3 Å². The second-order valence-corrected chi connectivity index (χ2v) is 3.64. The van der Waals surface area contributed by atoms with E-state index in [0.717, 1.165) is 36.2 Å². The van der Waals surface area contributed by atoms with E-state index in [1.165, 1.54) is 0 Å². The van der Waals surface area contributed by atoms with Gasteiger partial charge in [-0.05, 0) is 43.6 Å². The van der Waals surface area contributed by atoms with Crippen LogP contribution in [0.5, 0.6) is 0 Å². The fourth-order valence-electron chi connectivity index (χ4n) is 1.30. The number of allylic oxidation sites excluding steroid dienone is 4. The van der Waals surface area contributed by atoms with E-state index in [1.54, 1.807) is 6.08 Å². The summed E-state index contributed by atoms with van der Waals surface area (Å²) in [6, 6.07) is 0. The highest BCUT2D eigenvalue weighted by atomic mass is 16.1. The molecule has 0 fully saturated rings. The SMILES string of the molecule is CCCCN=C1C=C(C)C(=O)C=C1C. The number of nitrogens with zero attached hydrogens (tertiary/aromatic N) is 1. The van der Waals surface area contributed by atoms with Crippen LogP contribution in [-0.2, 0) is 4.79 Å². The number of carbonyl (C=O) groups excluding carboxylic acids is 1. The molecule has 0 aromatic rings. The minimum atomic E-state index is 0.108. The predicted octanol–water partition coefficient (Wildman–Crippen LogP) is 2.70. The third kappa shape index (κ3) is 2.66. The van der Waals surface area contributed by atoms with Crippen LogP contribution < -0.4 is 0 Å². The van der Waals surface area contributed by atoms with Crippen molar-refractivity contribution in [2.75, 3.05) is 6.54 Å². The van der Waals surface area contributed by atoms with Crippen LogP contribution in [0.1, 0.15) is 33.6 Å². The van der Waals surface area contributed by atoms with Crippen molar-refractivity contribution in [1.29, 1.82) is 0 Å². The highest BCUT2D eigenvalue weighted by Gasteiger charge is 2.11. The summed E-state index contributed by atoms with van der Waals surface area (Å²) < 4.78 is 0. The number of carbonyl (C=O) groups is 1. The zero-order chi connectivity index (χ0) is 10.6. The second-order valence-electron chi connectivity index (χ2n) is 3.64. The van der Waals surface area contributed by atoms with E-state index in [1.807, 2.05) is 19.9 Å². The molecular formula is C12H17NO. The molecule has 0 saturated heterocycles. The van der Waals surface area contributed by atoms with Gasteiger partial charge in [-0.2, -0.15) is 0 Å². The minimum absolute atomic E-state index is 0.108. The van der Waals surface area contributed by atoms with Crippen molar-refractivity contribution in [3.8, 4) is 0 Å². The van der Waals surface area contributed by atoms with Crippen LogP contribution in [0.4, 0.5) is 0 Å². The lowest BCUT2D eigenvalue weighted by molar-refractivity contribution is -0.111. The van der Waals surface area contributed by atoms with Crippen molar-refractivity contribution in [3.63, 3.8) is 0 Å². The third-order valence-electron chi connectivity index (χ3n) is 2.29. The molecule has 76 valence electrons. The average molecular weight is 191 g/mol. The van der Waals surface area contributed by atoms with Crippen LogP contribution in [0.2, 0.25) is 0 Å². The van der Waals surface area contributed by atoms with Gasteiger partial charge in [0, 0.05) is 6.54 Å². The first kappa shape index (κ1) is 10.9. The standard InChI is InChI=1S/C12H17NO/c1-4-5-6-13-11-7-10(3)12(14)8-9(11)2/h7-8H,4-6H2,1-3H3. The lowest BCUT2D eigenvalue weighted by Gasteiger charge is -2.09. The van der Waals surface area contributed by atoms with Gasteiger partial charge in [-0.25, -0.2) is 0 Å². The molecule has 0 saturated carbocycles. The summed E-state index contributed by atoms with van der Waals surface area (Å²) in [5.41, 5.74) is 2.73. The molecule has 0 N–H and O–H groups in total. The van der Waals surface area contributed by atoms with E-state index < -0.39 is 0 Å². The van der Waals surface area contributed by atoms with Gasteiger partial charge in [0.05, 0.1) is 5.71 Å². The first-order chi connectivity index (χ1) is 6.65. The maximum Gasteiger partial charge on any atom is 0.181 e. The van der Waals surface area contributed by atoms with Gasteiger partial charge >= 0.3 is 0 Å². The molecule has 0 heterocycles. The van der Waals surface area contributed by atoms with Gasteiger partial charge in [0.25, 0.3) is 0 Å². The Kier molecular flexibility index (Phi) is 3.81. The predicted molar refractivity (Wildman–Crippen MR) is 59.7 cm³/mol. The summed E-state index contributed by atoms with van der Waals surface area (Å²) in [6.07, 6.45) is 5.81. The molecular weight excluding hydrogens is 174 g/mol. The van der Waals surface area contributed by atoms with E-state index >= 15 is 0 Å². The Balaban J connectivity index is 2.75. The molecule has 0 radical (unpaired) electrons. The molecule has 2 heteroatoms. The molecule has 1 rings (SSSR count). The van der Waals surface area contributed by atoms with Gasteiger partial charge in [-0.1, -0.05) is 13.3 Å². The Bertz CT molecular complexity index is 321. The Labute approximate surface area is 85.4 Å². The number of rotatable bonds is 3. The first-order valence-electron chi connectivity index (χ1n) is 5.11. The zero-order valence-electron chi connectivity index (χ0n) is 9.13. The highest BCUT2D eigenvalue weighted by Crippen LogP contribution is 2.12. The van der Waals surface area contributed by atoms with Gasteiger partial charge in [-0.3, -0.25) is 9.79 Å². The lowest BCUT2D eigenvalue weighted by atomic mass is 9.99. The Morgan fingerprint density at radius 1 is 1.21 bits per heavy atom. The number of hydrogen-bond donors (Lipinski definition) is 0. The maximum atomic E-state index is 11.3. The van der Waals surface area contributed by atoms with Crippen molar-refractivity contribution >= 4 is 11.5 Å². The van der Waals surface area contributed by atoms with E-state index in [9.17, 15) is 4.79 Å². The topological polar surface area (TPSA) is 29.4 Å². The summed E-state index contributed by atoms with van der Waals surface area (Å²) >= 11 is 0. The molecule has 1 aliphatic rings. The molecule has 0 amide bonds. The Hall–Kier alpha value is -1.18. The molecule has 0 aliphatic heterocycles. The minimum Gasteiger partial charge on any atom is -0.290 e. The lowest BCUT2D eigenvalue weighted by Crippen LogP contribution is -2.10. The zero-order valence-corrected chi connectivity index (χ0v) is 9.13. The Morgan fingerprint density at radius 3 is 2.57 bits per heavy atom. The molecule has 2 nitrogen and oxygen atoms in total. The van der Waals surface area contributed by atoms with Gasteiger partial charge in [0.1, 0.15) is 0 Å². The summed E-state index contributed by atoms with van der Waals surface area (Å²) in [4.78, 5) is 15.7. The summed E-state index contributed by atoms with van der Waals surface area (Å²) in [6.45, 7) is 6.77. The van der Waals surface area contributed by atoms with Gasteiger partial charge in [-0.15, -0.1) is 0 Å². The van der Waals surface area contributed by atoms with Crippen LogP contribution in [0, 0.1) is 0 Å². The maximum absolute atomic E-state index is 11.3. The first-order valence-corrected chi connectivity index (χ1v) is 5.11. The number of hydrogen-bond acceptors (Lipinski definition) is 2. The fourth-order valence-corrected chi connectivity index (χ4v) is 1.30. The van der Waals surface area contributed by atoms with E-state index in [4.69, 9.17) is 0 Å². The van der Waals surface area contributed by atoms with Crippen molar-refractivity contribution in [1.82, 2.24) is 0 Å². The molecule has 0 atom stereocenters. The average Bonchev–Trinajstić information content (AvgIpc) is 2.14. The molecule has 14 heavy (non-hydrogen) atoms. The molecule has 0 aromatic carbocycles. The summed E-state index contributed by atoms with van der Waals surface area (Å²) in [7, 11) is 0. The van der Waals surface area contributed by atoms with E-state index in [-0.39, 0.29) is 5.78 Å². The highest BCUT2D eigenvalue weighted by molar-refractivity contribution is 6.21.